The van der Waals surface area contributed by atoms with Gasteiger partial charge in [-0.15, -0.1) is 13.2 Å². The molecule has 1 fully saturated rings. The van der Waals surface area contributed by atoms with E-state index in [9.17, 15) is 13.2 Å². The molecule has 1 aromatic heterocycles. The fourth-order valence-electron chi connectivity index (χ4n) is 6.07. The standard InChI is InChI=1S/C30H33F3N4OS/c1-28(2)17-22(18-29(3,4)19-28)37-26-15-12-21(36-39-24-8-6-5-7-9-24)16-25(26)35-27(37)34-20-10-13-23(14-11-20)38-30(31,32)33/h5-16,22,36H,17-19H2,1-4H3,(H,34,35). The molecule has 0 radical (unpaired) electrons. The minimum Gasteiger partial charge on any atom is -0.406 e. The molecular formula is C30H33F3N4OS. The molecule has 5 rings (SSSR count). The number of halogens is 3. The Balaban J connectivity index is 1.48. The molecule has 0 unspecified atom stereocenters. The molecule has 4 aromatic rings. The zero-order valence-electron chi connectivity index (χ0n) is 22.5. The molecule has 206 valence electrons. The van der Waals surface area contributed by atoms with Crippen molar-refractivity contribution in [1.29, 1.82) is 0 Å². The second-order valence-corrected chi connectivity index (χ2v) is 12.7. The van der Waals surface area contributed by atoms with Crippen molar-refractivity contribution in [1.82, 2.24) is 9.55 Å². The summed E-state index contributed by atoms with van der Waals surface area (Å²) in [6.07, 6.45) is -1.59. The van der Waals surface area contributed by atoms with Crippen molar-refractivity contribution in [3.63, 3.8) is 0 Å². The van der Waals surface area contributed by atoms with Gasteiger partial charge in [0.15, 0.2) is 0 Å². The van der Waals surface area contributed by atoms with E-state index < -0.39 is 6.36 Å². The number of nitrogens with zero attached hydrogens (tertiary/aromatic N) is 2. The normalized spacial score (nSPS) is 17.2. The number of rotatable bonds is 7. The Morgan fingerprint density at radius 2 is 1.54 bits per heavy atom. The number of aromatic nitrogens is 2. The Labute approximate surface area is 231 Å². The van der Waals surface area contributed by atoms with Crippen LogP contribution in [0.2, 0.25) is 0 Å². The molecule has 1 saturated carbocycles. The lowest BCUT2D eigenvalue weighted by Crippen LogP contribution is -2.35. The molecule has 1 aliphatic rings. The van der Waals surface area contributed by atoms with Gasteiger partial charge in [-0.2, -0.15) is 0 Å². The van der Waals surface area contributed by atoms with Crippen LogP contribution in [0, 0.1) is 10.8 Å². The highest BCUT2D eigenvalue weighted by Crippen LogP contribution is 2.51. The maximum Gasteiger partial charge on any atom is 0.573 e. The third kappa shape index (κ3) is 6.82. The summed E-state index contributed by atoms with van der Waals surface area (Å²) >= 11 is 1.54. The summed E-state index contributed by atoms with van der Waals surface area (Å²) in [7, 11) is 0. The summed E-state index contributed by atoms with van der Waals surface area (Å²) in [6, 6.07) is 22.2. The summed E-state index contributed by atoms with van der Waals surface area (Å²) < 4.78 is 47.6. The topological polar surface area (TPSA) is 51.1 Å². The van der Waals surface area contributed by atoms with Crippen molar-refractivity contribution >= 4 is 40.3 Å². The van der Waals surface area contributed by atoms with Crippen LogP contribution in [0.5, 0.6) is 5.75 Å². The second-order valence-electron chi connectivity index (χ2n) is 11.8. The Morgan fingerprint density at radius 1 is 0.897 bits per heavy atom. The predicted octanol–water partition coefficient (Wildman–Crippen LogP) is 9.58. The Bertz CT molecular complexity index is 1420. The lowest BCUT2D eigenvalue weighted by atomic mass is 9.63. The number of imidazole rings is 1. The van der Waals surface area contributed by atoms with Gasteiger partial charge in [0.05, 0.1) is 11.0 Å². The van der Waals surface area contributed by atoms with E-state index in [-0.39, 0.29) is 22.6 Å². The SMILES string of the molecule is CC1(C)CC(n2c(Nc3ccc(OC(F)(F)F)cc3)nc3cc(NSc4ccccc4)ccc32)CC(C)(C)C1. The van der Waals surface area contributed by atoms with E-state index in [1.165, 1.54) is 24.1 Å². The van der Waals surface area contributed by atoms with Crippen LogP contribution in [-0.4, -0.2) is 15.9 Å². The molecule has 0 spiro atoms. The largest absolute Gasteiger partial charge is 0.573 e. The van der Waals surface area contributed by atoms with E-state index in [2.05, 4.69) is 59.2 Å². The van der Waals surface area contributed by atoms with Crippen LogP contribution in [0.4, 0.5) is 30.5 Å². The maximum absolute atomic E-state index is 12.6. The van der Waals surface area contributed by atoms with Crippen LogP contribution in [0.25, 0.3) is 11.0 Å². The van der Waals surface area contributed by atoms with Crippen molar-refractivity contribution in [3.8, 4) is 5.75 Å². The number of ether oxygens (including phenoxy) is 1. The fourth-order valence-corrected chi connectivity index (χ4v) is 6.72. The molecule has 1 heterocycles. The van der Waals surface area contributed by atoms with E-state index in [4.69, 9.17) is 4.98 Å². The fraction of sp³-hybridized carbons (Fsp3) is 0.367. The molecule has 0 atom stereocenters. The first-order valence-corrected chi connectivity index (χ1v) is 13.8. The van der Waals surface area contributed by atoms with Gasteiger partial charge in [-0.3, -0.25) is 0 Å². The van der Waals surface area contributed by atoms with Crippen molar-refractivity contribution in [2.75, 3.05) is 10.0 Å². The minimum atomic E-state index is -4.73. The van der Waals surface area contributed by atoms with E-state index in [0.717, 1.165) is 40.9 Å². The highest BCUT2D eigenvalue weighted by molar-refractivity contribution is 8.00. The van der Waals surface area contributed by atoms with Crippen LogP contribution in [0.1, 0.15) is 53.0 Å². The quantitative estimate of drug-likeness (QED) is 0.223. The number of benzene rings is 3. The molecule has 9 heteroatoms. The third-order valence-corrected chi connectivity index (χ3v) is 7.81. The second kappa shape index (κ2) is 10.3. The Hall–Kier alpha value is -3.33. The highest BCUT2D eigenvalue weighted by atomic mass is 32.2. The van der Waals surface area contributed by atoms with Gasteiger partial charge in [-0.05, 0) is 96.6 Å². The summed E-state index contributed by atoms with van der Waals surface area (Å²) in [5.41, 5.74) is 3.74. The number of anilines is 3. The molecule has 3 aromatic carbocycles. The van der Waals surface area contributed by atoms with Crippen molar-refractivity contribution in [2.24, 2.45) is 10.8 Å². The molecule has 5 nitrogen and oxygen atoms in total. The molecular weight excluding hydrogens is 521 g/mol. The highest BCUT2D eigenvalue weighted by Gasteiger charge is 2.40. The average Bonchev–Trinajstić information content (AvgIpc) is 3.19. The van der Waals surface area contributed by atoms with Crippen molar-refractivity contribution in [2.45, 2.75) is 64.3 Å². The van der Waals surface area contributed by atoms with Crippen LogP contribution in [-0.2, 0) is 0 Å². The van der Waals surface area contributed by atoms with Crippen molar-refractivity contribution < 1.29 is 17.9 Å². The number of hydrogen-bond acceptors (Lipinski definition) is 5. The molecule has 0 aliphatic heterocycles. The van der Waals surface area contributed by atoms with Crippen LogP contribution in [0.15, 0.2) is 77.7 Å². The van der Waals surface area contributed by atoms with E-state index in [1.807, 2.05) is 36.4 Å². The van der Waals surface area contributed by atoms with Crippen molar-refractivity contribution in [3.05, 3.63) is 72.8 Å². The molecule has 0 bridgehead atoms. The monoisotopic (exact) mass is 554 g/mol. The van der Waals surface area contributed by atoms with Gasteiger partial charge in [0.25, 0.3) is 0 Å². The van der Waals surface area contributed by atoms with E-state index in [1.54, 1.807) is 12.1 Å². The van der Waals surface area contributed by atoms with Gasteiger partial charge in [0.2, 0.25) is 5.95 Å². The Kier molecular flexibility index (Phi) is 7.22. The van der Waals surface area contributed by atoms with Crippen LogP contribution >= 0.6 is 11.9 Å². The van der Waals surface area contributed by atoms with E-state index >= 15 is 0 Å². The zero-order valence-corrected chi connectivity index (χ0v) is 23.3. The third-order valence-electron chi connectivity index (χ3n) is 6.96. The first-order valence-electron chi connectivity index (χ1n) is 13.0. The summed E-state index contributed by atoms with van der Waals surface area (Å²) in [4.78, 5) is 6.07. The van der Waals surface area contributed by atoms with Crippen LogP contribution in [0.3, 0.4) is 0 Å². The maximum atomic E-state index is 12.6. The smallest absolute Gasteiger partial charge is 0.406 e. The number of fused-ring (bicyclic) bond motifs is 1. The molecule has 0 amide bonds. The van der Waals surface area contributed by atoms with Gasteiger partial charge < -0.3 is 19.3 Å². The lowest BCUT2D eigenvalue weighted by Gasteiger charge is -2.45. The molecule has 1 aliphatic carbocycles. The van der Waals surface area contributed by atoms with E-state index in [0.29, 0.717) is 11.6 Å². The summed E-state index contributed by atoms with van der Waals surface area (Å²) in [5.74, 6) is 0.407. The first-order chi connectivity index (χ1) is 18.4. The number of hydrogen-bond donors (Lipinski definition) is 2. The number of alkyl halides is 3. The van der Waals surface area contributed by atoms with Gasteiger partial charge in [0, 0.05) is 22.3 Å². The summed E-state index contributed by atoms with van der Waals surface area (Å²) in [5, 5.41) is 3.37. The molecule has 0 saturated heterocycles. The van der Waals surface area contributed by atoms with Gasteiger partial charge in [-0.1, -0.05) is 45.9 Å². The minimum absolute atomic E-state index is 0.157. The van der Waals surface area contributed by atoms with Gasteiger partial charge >= 0.3 is 6.36 Å². The number of nitrogens with one attached hydrogen (secondary N) is 2. The molecule has 39 heavy (non-hydrogen) atoms. The summed E-state index contributed by atoms with van der Waals surface area (Å²) in [6.45, 7) is 9.26. The predicted molar refractivity (Wildman–Crippen MR) is 153 cm³/mol. The zero-order chi connectivity index (χ0) is 27.8. The molecule has 2 N–H and O–H groups in total. The van der Waals surface area contributed by atoms with Gasteiger partial charge in [-0.25, -0.2) is 4.98 Å². The van der Waals surface area contributed by atoms with Gasteiger partial charge in [0.1, 0.15) is 5.75 Å². The first kappa shape index (κ1) is 27.2. The lowest BCUT2D eigenvalue weighted by molar-refractivity contribution is -0.274. The Morgan fingerprint density at radius 3 is 2.18 bits per heavy atom. The van der Waals surface area contributed by atoms with Crippen LogP contribution < -0.4 is 14.8 Å². The average molecular weight is 555 g/mol.